The molecule has 5 heteroatoms. The molecule has 1 heterocycles. The van der Waals surface area contributed by atoms with Gasteiger partial charge in [-0.25, -0.2) is 0 Å². The predicted molar refractivity (Wildman–Crippen MR) is 55.0 cm³/mol. The van der Waals surface area contributed by atoms with Gasteiger partial charge in [-0.05, 0) is 21.0 Å². The molecular formula is C10H16N4O. The number of aromatic nitrogens is 2. The lowest BCUT2D eigenvalue weighted by molar-refractivity contribution is 0.359. The highest BCUT2D eigenvalue weighted by Crippen LogP contribution is 2.05. The molecule has 1 aromatic rings. The van der Waals surface area contributed by atoms with E-state index < -0.39 is 0 Å². The molecule has 0 aliphatic rings. The fourth-order valence-electron chi connectivity index (χ4n) is 1.11. The van der Waals surface area contributed by atoms with Gasteiger partial charge in [-0.15, -0.1) is 0 Å². The van der Waals surface area contributed by atoms with Crippen molar-refractivity contribution in [2.75, 3.05) is 20.6 Å². The second-order valence-corrected chi connectivity index (χ2v) is 3.89. The molecule has 1 aromatic heterocycles. The van der Waals surface area contributed by atoms with Gasteiger partial charge in [-0.3, -0.25) is 0 Å². The molecule has 0 aliphatic heterocycles. The number of hydrogen-bond acceptors (Lipinski definition) is 5. The summed E-state index contributed by atoms with van der Waals surface area (Å²) in [6.45, 7) is 2.73. The molecule has 1 atom stereocenters. The standard InChI is InChI=1S/C10H16N4O/c1-8(7-11)6-10-12-9(13-15-10)4-5-14(2)3/h8H,4-6H2,1-3H3. The van der Waals surface area contributed by atoms with Gasteiger partial charge in [0, 0.05) is 19.4 Å². The molecule has 0 saturated carbocycles. The summed E-state index contributed by atoms with van der Waals surface area (Å²) in [7, 11) is 4.00. The van der Waals surface area contributed by atoms with Gasteiger partial charge in [0.15, 0.2) is 5.82 Å². The molecule has 5 nitrogen and oxygen atoms in total. The van der Waals surface area contributed by atoms with Crippen LogP contribution in [-0.4, -0.2) is 35.7 Å². The van der Waals surface area contributed by atoms with E-state index in [1.807, 2.05) is 21.0 Å². The Bertz CT molecular complexity index is 339. The van der Waals surface area contributed by atoms with Gasteiger partial charge in [0.05, 0.1) is 12.0 Å². The van der Waals surface area contributed by atoms with Crippen LogP contribution in [0.1, 0.15) is 18.6 Å². The van der Waals surface area contributed by atoms with E-state index in [9.17, 15) is 0 Å². The number of likely N-dealkylation sites (N-methyl/N-ethyl adjacent to an activating group) is 1. The SMILES string of the molecule is CC(C#N)Cc1nc(CCN(C)C)no1. The summed E-state index contributed by atoms with van der Waals surface area (Å²) in [4.78, 5) is 6.28. The zero-order valence-corrected chi connectivity index (χ0v) is 9.40. The number of rotatable bonds is 5. The van der Waals surface area contributed by atoms with Crippen LogP contribution in [-0.2, 0) is 12.8 Å². The summed E-state index contributed by atoms with van der Waals surface area (Å²) in [5, 5.41) is 12.5. The predicted octanol–water partition coefficient (Wildman–Crippen LogP) is 0.876. The van der Waals surface area contributed by atoms with Crippen molar-refractivity contribution in [2.45, 2.75) is 19.8 Å². The van der Waals surface area contributed by atoms with Crippen molar-refractivity contribution < 1.29 is 4.52 Å². The molecular weight excluding hydrogens is 192 g/mol. The summed E-state index contributed by atoms with van der Waals surface area (Å²) >= 11 is 0. The van der Waals surface area contributed by atoms with Gasteiger partial charge in [-0.2, -0.15) is 10.2 Å². The molecule has 0 N–H and O–H groups in total. The third-order valence-electron chi connectivity index (χ3n) is 1.99. The van der Waals surface area contributed by atoms with Crippen molar-refractivity contribution in [3.05, 3.63) is 11.7 Å². The first-order valence-electron chi connectivity index (χ1n) is 4.97. The second kappa shape index (κ2) is 5.47. The van der Waals surface area contributed by atoms with E-state index in [0.29, 0.717) is 18.1 Å². The monoisotopic (exact) mass is 208 g/mol. The average Bonchev–Trinajstić information content (AvgIpc) is 2.62. The molecule has 1 rings (SSSR count). The van der Waals surface area contributed by atoms with Crippen molar-refractivity contribution in [1.29, 1.82) is 5.26 Å². The Morgan fingerprint density at radius 3 is 2.87 bits per heavy atom. The van der Waals surface area contributed by atoms with Crippen molar-refractivity contribution >= 4 is 0 Å². The maximum Gasteiger partial charge on any atom is 0.227 e. The quantitative estimate of drug-likeness (QED) is 0.718. The Morgan fingerprint density at radius 1 is 1.53 bits per heavy atom. The third-order valence-corrected chi connectivity index (χ3v) is 1.99. The van der Waals surface area contributed by atoms with Crippen molar-refractivity contribution in [2.24, 2.45) is 5.92 Å². The van der Waals surface area contributed by atoms with Gasteiger partial charge >= 0.3 is 0 Å². The minimum absolute atomic E-state index is 0.0767. The highest BCUT2D eigenvalue weighted by molar-refractivity contribution is 4.92. The molecule has 0 aromatic carbocycles. The van der Waals surface area contributed by atoms with E-state index in [1.54, 1.807) is 0 Å². The van der Waals surface area contributed by atoms with Gasteiger partial charge < -0.3 is 9.42 Å². The Balaban J connectivity index is 2.46. The number of nitrogens with zero attached hydrogens (tertiary/aromatic N) is 4. The first-order chi connectivity index (χ1) is 7.11. The van der Waals surface area contributed by atoms with Gasteiger partial charge in [0.25, 0.3) is 0 Å². The molecule has 0 saturated heterocycles. The molecule has 0 bridgehead atoms. The summed E-state index contributed by atoms with van der Waals surface area (Å²) in [5.74, 6) is 1.19. The largest absolute Gasteiger partial charge is 0.339 e. The Labute approximate surface area is 89.7 Å². The third kappa shape index (κ3) is 4.09. The van der Waals surface area contributed by atoms with Crippen LogP contribution in [0.15, 0.2) is 4.52 Å². The normalized spacial score (nSPS) is 12.7. The summed E-state index contributed by atoms with van der Waals surface area (Å²) in [5.41, 5.74) is 0. The van der Waals surface area contributed by atoms with Crippen LogP contribution in [0.2, 0.25) is 0 Å². The van der Waals surface area contributed by atoms with E-state index in [0.717, 1.165) is 13.0 Å². The fourth-order valence-corrected chi connectivity index (χ4v) is 1.11. The summed E-state index contributed by atoms with van der Waals surface area (Å²) in [6, 6.07) is 2.14. The van der Waals surface area contributed by atoms with Crippen LogP contribution in [0.4, 0.5) is 0 Å². The van der Waals surface area contributed by atoms with E-state index in [-0.39, 0.29) is 5.92 Å². The smallest absolute Gasteiger partial charge is 0.227 e. The van der Waals surface area contributed by atoms with Crippen molar-refractivity contribution in [1.82, 2.24) is 15.0 Å². The highest BCUT2D eigenvalue weighted by Gasteiger charge is 2.10. The minimum Gasteiger partial charge on any atom is -0.339 e. The molecule has 0 radical (unpaired) electrons. The van der Waals surface area contributed by atoms with Crippen LogP contribution in [0.25, 0.3) is 0 Å². The molecule has 82 valence electrons. The first-order valence-corrected chi connectivity index (χ1v) is 4.97. The first kappa shape index (κ1) is 11.7. The van der Waals surface area contributed by atoms with Crippen molar-refractivity contribution in [3.63, 3.8) is 0 Å². The highest BCUT2D eigenvalue weighted by atomic mass is 16.5. The number of hydrogen-bond donors (Lipinski definition) is 0. The maximum absolute atomic E-state index is 8.63. The minimum atomic E-state index is -0.0767. The lowest BCUT2D eigenvalue weighted by atomic mass is 10.1. The van der Waals surface area contributed by atoms with E-state index in [2.05, 4.69) is 21.1 Å². The molecule has 0 fully saturated rings. The van der Waals surface area contributed by atoms with Gasteiger partial charge in [0.2, 0.25) is 5.89 Å². The zero-order valence-electron chi connectivity index (χ0n) is 9.40. The fraction of sp³-hybridized carbons (Fsp3) is 0.700. The van der Waals surface area contributed by atoms with Gasteiger partial charge in [-0.1, -0.05) is 5.16 Å². The zero-order chi connectivity index (χ0) is 11.3. The van der Waals surface area contributed by atoms with Crippen LogP contribution < -0.4 is 0 Å². The summed E-state index contributed by atoms with van der Waals surface area (Å²) < 4.78 is 5.04. The van der Waals surface area contributed by atoms with Crippen molar-refractivity contribution in [3.8, 4) is 6.07 Å². The Morgan fingerprint density at radius 2 is 2.27 bits per heavy atom. The van der Waals surface area contributed by atoms with E-state index >= 15 is 0 Å². The number of nitriles is 1. The molecule has 0 aliphatic carbocycles. The molecule has 1 unspecified atom stereocenters. The van der Waals surface area contributed by atoms with Crippen LogP contribution in [0.5, 0.6) is 0 Å². The lowest BCUT2D eigenvalue weighted by Crippen LogP contribution is -2.15. The summed E-state index contributed by atoms with van der Waals surface area (Å²) in [6.07, 6.45) is 1.31. The average molecular weight is 208 g/mol. The lowest BCUT2D eigenvalue weighted by Gasteiger charge is -2.05. The van der Waals surface area contributed by atoms with E-state index in [1.165, 1.54) is 0 Å². The van der Waals surface area contributed by atoms with E-state index in [4.69, 9.17) is 9.78 Å². The Hall–Kier alpha value is -1.41. The van der Waals surface area contributed by atoms with Crippen LogP contribution >= 0.6 is 0 Å². The molecule has 0 amide bonds. The van der Waals surface area contributed by atoms with Crippen LogP contribution in [0, 0.1) is 17.2 Å². The maximum atomic E-state index is 8.63. The second-order valence-electron chi connectivity index (χ2n) is 3.89. The Kier molecular flexibility index (Phi) is 4.25. The van der Waals surface area contributed by atoms with Crippen LogP contribution in [0.3, 0.4) is 0 Å². The topological polar surface area (TPSA) is 66.0 Å². The molecule has 15 heavy (non-hydrogen) atoms. The van der Waals surface area contributed by atoms with Gasteiger partial charge in [0.1, 0.15) is 0 Å². The molecule has 0 spiro atoms.